The number of oxime groups is 2. The summed E-state index contributed by atoms with van der Waals surface area (Å²) < 4.78 is 9.86. The SMILES string of the molecule is CCN1OC[C@@H](NC(=O)c2ccc(C3=NOC(C)(c4cc(Cl)cc(Cl)c4)C3)cc2C)C1=O.CCOCC(=O)Cl.CCOCC(=O)N(C(=O)c1ccc(C2=NOC(C)(c3cc(Cl)cc(Cl)c3)C2)cc1C)[C@@H]1CON(CC)C1=O. The van der Waals surface area contributed by atoms with Crippen molar-refractivity contribution in [3.05, 3.63) is 137 Å². The molecule has 1 N–H and O–H groups in total. The largest absolute Gasteiger partial charge is 0.384 e. The van der Waals surface area contributed by atoms with Gasteiger partial charge in [-0.1, -0.05) is 68.8 Å². The minimum atomic E-state index is -1.06. The monoisotopic (exact) mass is 1160 g/mol. The maximum absolute atomic E-state index is 13.6. The number of imide groups is 1. The van der Waals surface area contributed by atoms with Crippen LogP contribution in [0.1, 0.15) is 108 Å². The van der Waals surface area contributed by atoms with Crippen LogP contribution in [0, 0.1) is 13.8 Å². The third-order valence-electron chi connectivity index (χ3n) is 12.7. The van der Waals surface area contributed by atoms with Gasteiger partial charge in [0.05, 0.1) is 11.4 Å². The first-order valence-electron chi connectivity index (χ1n) is 24.6. The Bertz CT molecular complexity index is 2920. The van der Waals surface area contributed by atoms with Gasteiger partial charge in [-0.15, -0.1) is 0 Å². The molecule has 8 rings (SSSR count). The maximum Gasteiger partial charge on any atom is 0.271 e. The predicted octanol–water partition coefficient (Wildman–Crippen LogP) is 9.53. The zero-order valence-corrected chi connectivity index (χ0v) is 47.5. The number of carbonyl (C=O) groups is 6. The molecule has 2 fully saturated rings. The van der Waals surface area contributed by atoms with Gasteiger partial charge < -0.3 is 24.5 Å². The number of ether oxygens (including phenoxy) is 2. The van der Waals surface area contributed by atoms with Crippen LogP contribution in [0.25, 0.3) is 0 Å². The number of amides is 5. The number of carbonyl (C=O) groups excluding carboxylic acids is 6. The Kier molecular flexibility index (Phi) is 21.1. The van der Waals surface area contributed by atoms with Gasteiger partial charge in [0.1, 0.15) is 38.5 Å². The van der Waals surface area contributed by atoms with E-state index in [2.05, 4.69) is 20.4 Å². The molecule has 5 amide bonds. The van der Waals surface area contributed by atoms with Gasteiger partial charge in [-0.05, 0) is 150 Å². The molecule has 4 aliphatic heterocycles. The first-order valence-corrected chi connectivity index (χ1v) is 26.5. The summed E-state index contributed by atoms with van der Waals surface area (Å²) in [7, 11) is 0. The third kappa shape index (κ3) is 14.9. The Hall–Kier alpha value is -5.67. The molecule has 23 heteroatoms. The second-order valence-electron chi connectivity index (χ2n) is 18.3. The molecule has 2 unspecified atom stereocenters. The number of halogens is 5. The van der Waals surface area contributed by atoms with Crippen molar-refractivity contribution < 1.29 is 57.6 Å². The fraction of sp³-hybridized carbons (Fsp3) is 0.407. The number of likely N-dealkylation sites (N-methyl/N-ethyl adjacent to an activating group) is 2. The van der Waals surface area contributed by atoms with Crippen molar-refractivity contribution in [1.29, 1.82) is 0 Å². The molecule has 4 aromatic rings. The Morgan fingerprint density at radius 2 is 1.12 bits per heavy atom. The van der Waals surface area contributed by atoms with E-state index in [-0.39, 0.29) is 43.8 Å². The fourth-order valence-electron chi connectivity index (χ4n) is 8.55. The maximum atomic E-state index is 13.6. The molecule has 18 nitrogen and oxygen atoms in total. The highest BCUT2D eigenvalue weighted by Gasteiger charge is 2.44. The summed E-state index contributed by atoms with van der Waals surface area (Å²) in [5, 5.41) is 15.4. The highest BCUT2D eigenvalue weighted by atomic mass is 35.5. The minimum Gasteiger partial charge on any atom is -0.384 e. The van der Waals surface area contributed by atoms with E-state index in [1.54, 1.807) is 70.2 Å². The number of hydrogen-bond acceptors (Lipinski definition) is 14. The third-order valence-corrected chi connectivity index (χ3v) is 13.6. The van der Waals surface area contributed by atoms with Crippen LogP contribution < -0.4 is 5.32 Å². The van der Waals surface area contributed by atoms with Crippen LogP contribution in [0.4, 0.5) is 0 Å². The normalized spacial score (nSPS) is 20.5. The van der Waals surface area contributed by atoms with E-state index in [0.717, 1.165) is 43.5 Å². The van der Waals surface area contributed by atoms with Gasteiger partial charge in [-0.2, -0.15) is 0 Å². The van der Waals surface area contributed by atoms with E-state index in [1.807, 2.05) is 58.0 Å². The van der Waals surface area contributed by atoms with Gasteiger partial charge in [0.2, 0.25) is 5.24 Å². The number of benzene rings is 4. The molecule has 0 aromatic heterocycles. The Morgan fingerprint density at radius 1 is 0.662 bits per heavy atom. The number of hydrogen-bond donors (Lipinski definition) is 1. The van der Waals surface area contributed by atoms with Crippen LogP contribution in [-0.4, -0.2) is 126 Å². The van der Waals surface area contributed by atoms with E-state index in [0.29, 0.717) is 76.1 Å². The van der Waals surface area contributed by atoms with E-state index in [9.17, 15) is 28.8 Å². The lowest BCUT2D eigenvalue weighted by Crippen LogP contribution is -2.51. The molecule has 4 aliphatic rings. The molecule has 0 aliphatic carbocycles. The standard InChI is InChI=1S/C27H29Cl2N3O6.C23H23Cl2N3O4.C4H7ClO2/c1-5-31-26(35)23(14-37-31)32(24(33)15-36-6-2)25(34)21-8-7-17(9-16(21)3)22-13-27(4,38-30-22)18-10-19(28)12-20(29)11-18;1-4-28-22(30)20(12-31-28)26-21(29)18-6-5-14(7-13(18)2)19-11-23(3,32-27-19)15-8-16(24)10-17(25)9-15;1-2-7-3-4(5)6/h7-12,23H,5-6,13-15H2,1-4H3;5-10,20H,4,11-12H2,1-3H3,(H,26,29);2-3H2,1H3/t23-,27?;20-,23?;/m11./s1. The summed E-state index contributed by atoms with van der Waals surface area (Å²) >= 11 is 29.6. The van der Waals surface area contributed by atoms with E-state index in [4.69, 9.17) is 82.1 Å². The van der Waals surface area contributed by atoms with Gasteiger partial charge in [-0.25, -0.2) is 10.1 Å². The van der Waals surface area contributed by atoms with Gasteiger partial charge in [0.25, 0.3) is 29.5 Å². The molecule has 0 spiro atoms. The van der Waals surface area contributed by atoms with E-state index >= 15 is 0 Å². The van der Waals surface area contributed by atoms with Crippen LogP contribution in [-0.2, 0) is 59.2 Å². The summed E-state index contributed by atoms with van der Waals surface area (Å²) in [5.74, 6) is -2.21. The second-order valence-corrected chi connectivity index (χ2v) is 20.5. The predicted molar refractivity (Wildman–Crippen MR) is 291 cm³/mol. The van der Waals surface area contributed by atoms with Crippen molar-refractivity contribution >= 4 is 104 Å². The lowest BCUT2D eigenvalue weighted by atomic mass is 9.88. The zero-order chi connectivity index (χ0) is 56.4. The molecule has 0 bridgehead atoms. The second kappa shape index (κ2) is 26.8. The molecule has 2 saturated heterocycles. The molecule has 0 saturated carbocycles. The summed E-state index contributed by atoms with van der Waals surface area (Å²) in [5.41, 5.74) is 5.40. The van der Waals surface area contributed by atoms with E-state index in [1.165, 1.54) is 5.06 Å². The van der Waals surface area contributed by atoms with Crippen molar-refractivity contribution in [3.63, 3.8) is 0 Å². The highest BCUT2D eigenvalue weighted by molar-refractivity contribution is 6.63. The van der Waals surface area contributed by atoms with Crippen molar-refractivity contribution in [1.82, 2.24) is 20.3 Å². The quantitative estimate of drug-likeness (QED) is 0.104. The molecule has 4 heterocycles. The summed E-state index contributed by atoms with van der Waals surface area (Å²) in [4.78, 5) is 97.4. The van der Waals surface area contributed by atoms with E-state index < -0.39 is 46.2 Å². The first-order chi connectivity index (χ1) is 36.5. The average Bonchev–Trinajstić information content (AvgIpc) is 4.20. The average molecular weight is 1160 g/mol. The van der Waals surface area contributed by atoms with Crippen molar-refractivity contribution in [2.24, 2.45) is 10.3 Å². The Labute approximate surface area is 471 Å². The van der Waals surface area contributed by atoms with Crippen LogP contribution in [0.3, 0.4) is 0 Å². The van der Waals surface area contributed by atoms with Gasteiger partial charge in [0, 0.05) is 81.5 Å². The lowest BCUT2D eigenvalue weighted by molar-refractivity contribution is -0.161. The van der Waals surface area contributed by atoms with Crippen LogP contribution in [0.2, 0.25) is 20.1 Å². The number of hydroxylamine groups is 4. The summed E-state index contributed by atoms with van der Waals surface area (Å²) in [6.45, 7) is 15.8. The zero-order valence-electron chi connectivity index (χ0n) is 43.7. The van der Waals surface area contributed by atoms with Crippen LogP contribution in [0.15, 0.2) is 83.1 Å². The smallest absolute Gasteiger partial charge is 0.271 e. The van der Waals surface area contributed by atoms with Crippen molar-refractivity contribution in [3.8, 4) is 0 Å². The topological polar surface area (TPSA) is 204 Å². The summed E-state index contributed by atoms with van der Waals surface area (Å²) in [6.07, 6.45) is 0.978. The molecular weight excluding hydrogens is 1100 g/mol. The lowest BCUT2D eigenvalue weighted by Gasteiger charge is -2.25. The minimum absolute atomic E-state index is 0.0258. The van der Waals surface area contributed by atoms with Crippen LogP contribution in [0.5, 0.6) is 0 Å². The van der Waals surface area contributed by atoms with Crippen LogP contribution >= 0.6 is 58.0 Å². The molecule has 4 atom stereocenters. The number of nitrogens with zero attached hydrogens (tertiary/aromatic N) is 5. The fourth-order valence-corrected chi connectivity index (χ4v) is 9.68. The van der Waals surface area contributed by atoms with Gasteiger partial charge in [-0.3, -0.25) is 43.3 Å². The Balaban J connectivity index is 0.000000224. The number of rotatable bonds is 16. The number of nitrogens with one attached hydrogen (secondary N) is 1. The molecule has 4 aromatic carbocycles. The molecule has 412 valence electrons. The molecule has 77 heavy (non-hydrogen) atoms. The molecule has 0 radical (unpaired) electrons. The van der Waals surface area contributed by atoms with Crippen molar-refractivity contribution in [2.75, 3.05) is 52.7 Å². The van der Waals surface area contributed by atoms with Gasteiger partial charge in [0.15, 0.2) is 11.2 Å². The van der Waals surface area contributed by atoms with Crippen molar-refractivity contribution in [2.45, 2.75) is 91.5 Å². The molecular formula is C54H59Cl5N6O12. The summed E-state index contributed by atoms with van der Waals surface area (Å²) in [6, 6.07) is 19.4. The number of aryl methyl sites for hydroxylation is 2. The van der Waals surface area contributed by atoms with Gasteiger partial charge >= 0.3 is 0 Å². The highest BCUT2D eigenvalue weighted by Crippen LogP contribution is 2.40. The first kappa shape index (κ1) is 60.6. The Morgan fingerprint density at radius 3 is 1.53 bits per heavy atom.